The second-order valence-corrected chi connectivity index (χ2v) is 15.0. The molecule has 12 rings (SSSR count). The Morgan fingerprint density at radius 1 is 0.293 bits per heavy atom. The van der Waals surface area contributed by atoms with Crippen molar-refractivity contribution in [3.8, 4) is 45.3 Å². The molecule has 0 spiro atoms. The molecule has 0 unspecified atom stereocenters. The van der Waals surface area contributed by atoms with E-state index in [1.807, 2.05) is 24.3 Å². The molecule has 9 aromatic carbocycles. The Labute approximate surface area is 334 Å². The molecule has 0 atom stereocenters. The molecular formula is C54H34N4. The molecule has 0 aliphatic rings. The Morgan fingerprint density at radius 2 is 0.776 bits per heavy atom. The van der Waals surface area contributed by atoms with Gasteiger partial charge in [-0.15, -0.1) is 0 Å². The molecule has 3 aromatic heterocycles. The molecule has 0 saturated carbocycles. The SMILES string of the molecule is c1ccc(-c2cc(-c3ccc4ccc(-n5c6ccccc6c6c7c8ccccc8n(-c8ccc9ccccc9c8)c7ccc65)cc4c3)nc(-c3ccccc3)n2)cc1. The summed E-state index contributed by atoms with van der Waals surface area (Å²) in [4.78, 5) is 10.2. The van der Waals surface area contributed by atoms with Gasteiger partial charge >= 0.3 is 0 Å². The Hall–Kier alpha value is -7.82. The van der Waals surface area contributed by atoms with Crippen LogP contribution < -0.4 is 0 Å². The van der Waals surface area contributed by atoms with Crippen molar-refractivity contribution in [2.75, 3.05) is 0 Å². The molecular weight excluding hydrogens is 705 g/mol. The highest BCUT2D eigenvalue weighted by atomic mass is 15.0. The van der Waals surface area contributed by atoms with Gasteiger partial charge in [-0.3, -0.25) is 0 Å². The molecule has 58 heavy (non-hydrogen) atoms. The largest absolute Gasteiger partial charge is 0.309 e. The Balaban J connectivity index is 1.06. The molecule has 0 amide bonds. The summed E-state index contributed by atoms with van der Waals surface area (Å²) in [5.74, 6) is 0.712. The first-order chi connectivity index (χ1) is 28.7. The maximum absolute atomic E-state index is 5.13. The number of nitrogens with zero attached hydrogens (tertiary/aromatic N) is 4. The minimum atomic E-state index is 0.712. The van der Waals surface area contributed by atoms with Gasteiger partial charge in [0.2, 0.25) is 0 Å². The zero-order valence-corrected chi connectivity index (χ0v) is 31.4. The number of aromatic nitrogens is 4. The van der Waals surface area contributed by atoms with Gasteiger partial charge in [-0.05, 0) is 82.2 Å². The number of benzene rings is 9. The number of hydrogen-bond acceptors (Lipinski definition) is 2. The van der Waals surface area contributed by atoms with Gasteiger partial charge in [0.1, 0.15) is 0 Å². The lowest BCUT2D eigenvalue weighted by Crippen LogP contribution is -1.96. The quantitative estimate of drug-likeness (QED) is 0.176. The standard InChI is InChI=1S/C54H34N4/c1-3-14-37(15-4-1)46-34-47(56-54(55-46)38-16-5-2-6-17-38)40-24-23-36-26-28-43(33-41(36)31-40)58-49-22-12-10-20-45(49)53-51(58)30-29-50-52(53)44-19-9-11-21-48(44)57(50)42-27-25-35-13-7-8-18-39(35)32-42/h1-34H. The summed E-state index contributed by atoms with van der Waals surface area (Å²) in [7, 11) is 0. The molecule has 0 saturated heterocycles. The first-order valence-electron chi connectivity index (χ1n) is 19.7. The third kappa shape index (κ3) is 5.09. The average Bonchev–Trinajstić information content (AvgIpc) is 3.82. The van der Waals surface area contributed by atoms with Crippen molar-refractivity contribution in [2.45, 2.75) is 0 Å². The molecule has 0 N–H and O–H groups in total. The van der Waals surface area contributed by atoms with E-state index in [-0.39, 0.29) is 0 Å². The van der Waals surface area contributed by atoms with Crippen LogP contribution in [0.3, 0.4) is 0 Å². The molecule has 4 nitrogen and oxygen atoms in total. The van der Waals surface area contributed by atoms with Crippen LogP contribution in [0.1, 0.15) is 0 Å². The highest BCUT2D eigenvalue weighted by molar-refractivity contribution is 6.29. The van der Waals surface area contributed by atoms with Crippen molar-refractivity contribution in [3.05, 3.63) is 206 Å². The molecule has 3 heterocycles. The van der Waals surface area contributed by atoms with Gasteiger partial charge in [-0.1, -0.05) is 146 Å². The zero-order chi connectivity index (χ0) is 38.2. The van der Waals surface area contributed by atoms with Gasteiger partial charge in [0.05, 0.1) is 33.5 Å². The summed E-state index contributed by atoms with van der Waals surface area (Å²) >= 11 is 0. The maximum atomic E-state index is 5.13. The molecule has 270 valence electrons. The predicted octanol–water partition coefficient (Wildman–Crippen LogP) is 14.0. The summed E-state index contributed by atoms with van der Waals surface area (Å²) in [6, 6.07) is 73.9. The number of para-hydroxylation sites is 2. The number of fused-ring (bicyclic) bond motifs is 9. The molecule has 12 aromatic rings. The van der Waals surface area contributed by atoms with E-state index < -0.39 is 0 Å². The van der Waals surface area contributed by atoms with E-state index in [4.69, 9.17) is 9.97 Å². The summed E-state index contributed by atoms with van der Waals surface area (Å²) < 4.78 is 4.86. The van der Waals surface area contributed by atoms with Crippen LogP contribution in [0.5, 0.6) is 0 Å². The van der Waals surface area contributed by atoms with E-state index in [1.165, 1.54) is 59.8 Å². The lowest BCUT2D eigenvalue weighted by Gasteiger charge is -2.12. The topological polar surface area (TPSA) is 35.6 Å². The summed E-state index contributed by atoms with van der Waals surface area (Å²) in [5.41, 5.74) is 11.9. The Morgan fingerprint density at radius 3 is 1.41 bits per heavy atom. The maximum Gasteiger partial charge on any atom is 0.160 e. The van der Waals surface area contributed by atoms with Crippen molar-refractivity contribution in [2.24, 2.45) is 0 Å². The van der Waals surface area contributed by atoms with E-state index >= 15 is 0 Å². The second kappa shape index (κ2) is 12.9. The van der Waals surface area contributed by atoms with Gasteiger partial charge in [-0.2, -0.15) is 0 Å². The molecule has 0 bridgehead atoms. The Bertz CT molecular complexity index is 3500. The minimum absolute atomic E-state index is 0.712. The van der Waals surface area contributed by atoms with Crippen molar-refractivity contribution < 1.29 is 0 Å². The van der Waals surface area contributed by atoms with Gasteiger partial charge in [0.25, 0.3) is 0 Å². The minimum Gasteiger partial charge on any atom is -0.309 e. The normalized spacial score (nSPS) is 11.8. The van der Waals surface area contributed by atoms with Gasteiger partial charge in [-0.25, -0.2) is 9.97 Å². The van der Waals surface area contributed by atoms with Crippen LogP contribution >= 0.6 is 0 Å². The third-order valence-electron chi connectivity index (χ3n) is 11.7. The van der Waals surface area contributed by atoms with Crippen molar-refractivity contribution in [3.63, 3.8) is 0 Å². The smallest absolute Gasteiger partial charge is 0.160 e. The highest BCUT2D eigenvalue weighted by Crippen LogP contribution is 2.43. The van der Waals surface area contributed by atoms with Gasteiger partial charge in [0.15, 0.2) is 5.82 Å². The van der Waals surface area contributed by atoms with E-state index in [2.05, 4.69) is 191 Å². The summed E-state index contributed by atoms with van der Waals surface area (Å²) in [6.45, 7) is 0. The Kier molecular flexibility index (Phi) is 7.20. The first kappa shape index (κ1) is 32.4. The van der Waals surface area contributed by atoms with Crippen LogP contribution in [0.25, 0.3) is 110 Å². The fraction of sp³-hybridized carbons (Fsp3) is 0. The van der Waals surface area contributed by atoms with Gasteiger partial charge in [0, 0.05) is 49.6 Å². The van der Waals surface area contributed by atoms with Crippen molar-refractivity contribution in [1.82, 2.24) is 19.1 Å². The van der Waals surface area contributed by atoms with Crippen LogP contribution in [0, 0.1) is 0 Å². The number of rotatable bonds is 5. The van der Waals surface area contributed by atoms with Crippen LogP contribution in [-0.4, -0.2) is 19.1 Å². The summed E-state index contributed by atoms with van der Waals surface area (Å²) in [6.07, 6.45) is 0. The van der Waals surface area contributed by atoms with Crippen LogP contribution in [0.4, 0.5) is 0 Å². The van der Waals surface area contributed by atoms with Crippen LogP contribution in [-0.2, 0) is 0 Å². The third-order valence-corrected chi connectivity index (χ3v) is 11.7. The summed E-state index contributed by atoms with van der Waals surface area (Å²) in [5, 5.41) is 9.82. The van der Waals surface area contributed by atoms with Crippen LogP contribution in [0.2, 0.25) is 0 Å². The fourth-order valence-corrected chi connectivity index (χ4v) is 8.99. The first-order valence-corrected chi connectivity index (χ1v) is 19.7. The lowest BCUT2D eigenvalue weighted by molar-refractivity contribution is 1.18. The van der Waals surface area contributed by atoms with Crippen molar-refractivity contribution >= 4 is 65.2 Å². The van der Waals surface area contributed by atoms with E-state index in [0.29, 0.717) is 5.82 Å². The molecule has 0 fully saturated rings. The predicted molar refractivity (Wildman–Crippen MR) is 242 cm³/mol. The monoisotopic (exact) mass is 738 g/mol. The zero-order valence-electron chi connectivity index (χ0n) is 31.4. The second-order valence-electron chi connectivity index (χ2n) is 15.0. The molecule has 0 radical (unpaired) electrons. The average molecular weight is 739 g/mol. The van der Waals surface area contributed by atoms with Crippen LogP contribution in [0.15, 0.2) is 206 Å². The molecule has 0 aliphatic carbocycles. The fourth-order valence-electron chi connectivity index (χ4n) is 8.99. The lowest BCUT2D eigenvalue weighted by atomic mass is 10.0. The molecule has 4 heteroatoms. The van der Waals surface area contributed by atoms with E-state index in [1.54, 1.807) is 0 Å². The van der Waals surface area contributed by atoms with E-state index in [0.717, 1.165) is 44.8 Å². The van der Waals surface area contributed by atoms with E-state index in [9.17, 15) is 0 Å². The number of hydrogen-bond donors (Lipinski definition) is 0. The van der Waals surface area contributed by atoms with Crippen molar-refractivity contribution in [1.29, 1.82) is 0 Å². The molecule has 0 aliphatic heterocycles. The highest BCUT2D eigenvalue weighted by Gasteiger charge is 2.21. The van der Waals surface area contributed by atoms with Gasteiger partial charge < -0.3 is 9.13 Å².